The quantitative estimate of drug-likeness (QED) is 0.819. The molecule has 0 unspecified atom stereocenters. The number of benzene rings is 1. The molecule has 0 bridgehead atoms. The molecule has 0 saturated carbocycles. The van der Waals surface area contributed by atoms with Crippen LogP contribution in [0.2, 0.25) is 0 Å². The zero-order valence-electron chi connectivity index (χ0n) is 11.1. The Hall–Kier alpha value is -1.40. The van der Waals surface area contributed by atoms with Crippen LogP contribution >= 0.6 is 23.1 Å². The number of halogens is 1. The number of amides is 1. The first-order valence-corrected chi connectivity index (χ1v) is 8.46. The normalized spacial score (nSPS) is 10.5. The van der Waals surface area contributed by atoms with Gasteiger partial charge in [-0.3, -0.25) is 4.79 Å². The second-order valence-corrected chi connectivity index (χ2v) is 6.03. The van der Waals surface area contributed by atoms with Crippen molar-refractivity contribution in [3.8, 4) is 11.3 Å². The molecule has 1 heterocycles. The van der Waals surface area contributed by atoms with Gasteiger partial charge in [-0.05, 0) is 42.7 Å². The summed E-state index contributed by atoms with van der Waals surface area (Å²) in [5, 5.41) is 5.22. The van der Waals surface area contributed by atoms with E-state index in [1.807, 2.05) is 11.6 Å². The highest BCUT2D eigenvalue weighted by molar-refractivity contribution is 7.98. The van der Waals surface area contributed by atoms with Crippen LogP contribution in [-0.2, 0) is 4.79 Å². The standard InChI is InChI=1S/C14H15FN2OS2/c1-19-8-2-3-13(18)17-14-16-12(9-20-14)10-4-6-11(15)7-5-10/h4-7,9H,2-3,8H2,1H3,(H,16,17,18). The highest BCUT2D eigenvalue weighted by Gasteiger charge is 2.08. The monoisotopic (exact) mass is 310 g/mol. The second-order valence-electron chi connectivity index (χ2n) is 4.19. The van der Waals surface area contributed by atoms with Crippen molar-refractivity contribution in [3.63, 3.8) is 0 Å². The van der Waals surface area contributed by atoms with Gasteiger partial charge in [0.1, 0.15) is 5.82 Å². The molecule has 0 atom stereocenters. The van der Waals surface area contributed by atoms with Gasteiger partial charge < -0.3 is 5.32 Å². The van der Waals surface area contributed by atoms with E-state index in [2.05, 4.69) is 10.3 Å². The summed E-state index contributed by atoms with van der Waals surface area (Å²) in [6.45, 7) is 0. The van der Waals surface area contributed by atoms with Crippen LogP contribution in [0.1, 0.15) is 12.8 Å². The Bertz CT molecular complexity index is 569. The van der Waals surface area contributed by atoms with Gasteiger partial charge >= 0.3 is 0 Å². The summed E-state index contributed by atoms with van der Waals surface area (Å²) in [5.41, 5.74) is 1.58. The van der Waals surface area contributed by atoms with Gasteiger partial charge in [-0.2, -0.15) is 11.8 Å². The topological polar surface area (TPSA) is 42.0 Å². The fraction of sp³-hybridized carbons (Fsp3) is 0.286. The lowest BCUT2D eigenvalue weighted by Gasteiger charge is -2.00. The van der Waals surface area contributed by atoms with Crippen LogP contribution in [0.4, 0.5) is 9.52 Å². The molecule has 106 valence electrons. The van der Waals surface area contributed by atoms with Gasteiger partial charge in [0.2, 0.25) is 5.91 Å². The van der Waals surface area contributed by atoms with Gasteiger partial charge in [0.15, 0.2) is 5.13 Å². The number of thioether (sulfide) groups is 1. The van der Waals surface area contributed by atoms with E-state index in [9.17, 15) is 9.18 Å². The molecule has 6 heteroatoms. The minimum atomic E-state index is -0.272. The molecule has 0 fully saturated rings. The third-order valence-corrected chi connectivity index (χ3v) is 4.10. The third-order valence-electron chi connectivity index (χ3n) is 2.64. The Morgan fingerprint density at radius 2 is 2.15 bits per heavy atom. The van der Waals surface area contributed by atoms with Gasteiger partial charge in [0, 0.05) is 17.4 Å². The van der Waals surface area contributed by atoms with Crippen molar-refractivity contribution in [2.45, 2.75) is 12.8 Å². The fourth-order valence-corrected chi connectivity index (χ4v) is 2.81. The maximum Gasteiger partial charge on any atom is 0.226 e. The minimum absolute atomic E-state index is 0.0148. The zero-order valence-corrected chi connectivity index (χ0v) is 12.7. The van der Waals surface area contributed by atoms with Crippen molar-refractivity contribution in [1.29, 1.82) is 0 Å². The van der Waals surface area contributed by atoms with Crippen LogP contribution in [0.25, 0.3) is 11.3 Å². The first-order chi connectivity index (χ1) is 9.69. The summed E-state index contributed by atoms with van der Waals surface area (Å²) < 4.78 is 12.9. The van der Waals surface area contributed by atoms with Crippen molar-refractivity contribution in [2.24, 2.45) is 0 Å². The Balaban J connectivity index is 1.95. The van der Waals surface area contributed by atoms with E-state index in [-0.39, 0.29) is 11.7 Å². The zero-order chi connectivity index (χ0) is 14.4. The molecule has 1 aromatic heterocycles. The molecule has 1 N–H and O–H groups in total. The maximum absolute atomic E-state index is 12.9. The first-order valence-electron chi connectivity index (χ1n) is 6.19. The van der Waals surface area contributed by atoms with Crippen LogP contribution < -0.4 is 5.32 Å². The molecule has 0 spiro atoms. The molecule has 0 radical (unpaired) electrons. The Labute approximate surface area is 125 Å². The van der Waals surface area contributed by atoms with Gasteiger partial charge in [-0.1, -0.05) is 0 Å². The number of thiazole rings is 1. The number of nitrogens with zero attached hydrogens (tertiary/aromatic N) is 1. The van der Waals surface area contributed by atoms with Crippen LogP contribution in [-0.4, -0.2) is 22.9 Å². The summed E-state index contributed by atoms with van der Waals surface area (Å²) in [7, 11) is 0. The number of hydrogen-bond donors (Lipinski definition) is 1. The molecule has 0 aliphatic heterocycles. The molecule has 2 aromatic rings. The lowest BCUT2D eigenvalue weighted by molar-refractivity contribution is -0.116. The molecular formula is C14H15FN2OS2. The predicted molar refractivity (Wildman–Crippen MR) is 83.8 cm³/mol. The van der Waals surface area contributed by atoms with Gasteiger partial charge in [0.25, 0.3) is 0 Å². The first kappa shape index (κ1) is 15.0. The molecule has 0 saturated heterocycles. The number of rotatable bonds is 6. The van der Waals surface area contributed by atoms with E-state index < -0.39 is 0 Å². The average molecular weight is 310 g/mol. The average Bonchev–Trinajstić information content (AvgIpc) is 2.88. The number of carbonyl (C=O) groups is 1. The number of aromatic nitrogens is 1. The molecule has 0 aliphatic rings. The van der Waals surface area contributed by atoms with Crippen molar-refractivity contribution in [3.05, 3.63) is 35.5 Å². The summed E-state index contributed by atoms with van der Waals surface area (Å²) in [4.78, 5) is 16.0. The Kier molecular flexibility index (Phi) is 5.55. The Morgan fingerprint density at radius 3 is 2.85 bits per heavy atom. The Morgan fingerprint density at radius 1 is 1.40 bits per heavy atom. The summed E-state index contributed by atoms with van der Waals surface area (Å²) >= 11 is 3.10. The maximum atomic E-state index is 12.9. The molecule has 20 heavy (non-hydrogen) atoms. The molecule has 0 aliphatic carbocycles. The fourth-order valence-electron chi connectivity index (χ4n) is 1.64. The molecule has 1 amide bonds. The van der Waals surface area contributed by atoms with Crippen molar-refractivity contribution in [2.75, 3.05) is 17.3 Å². The highest BCUT2D eigenvalue weighted by Crippen LogP contribution is 2.25. The lowest BCUT2D eigenvalue weighted by Crippen LogP contribution is -2.11. The number of hydrogen-bond acceptors (Lipinski definition) is 4. The van der Waals surface area contributed by atoms with Crippen LogP contribution in [0, 0.1) is 5.82 Å². The summed E-state index contributed by atoms with van der Waals surface area (Å²) in [6, 6.07) is 6.15. The van der Waals surface area contributed by atoms with Gasteiger partial charge in [0.05, 0.1) is 5.69 Å². The van der Waals surface area contributed by atoms with Crippen molar-refractivity contribution in [1.82, 2.24) is 4.98 Å². The molecule has 2 rings (SSSR count). The SMILES string of the molecule is CSCCCC(=O)Nc1nc(-c2ccc(F)cc2)cs1. The summed E-state index contributed by atoms with van der Waals surface area (Å²) in [5.74, 6) is 0.692. The van der Waals surface area contributed by atoms with Crippen LogP contribution in [0.5, 0.6) is 0 Å². The third kappa shape index (κ3) is 4.31. The van der Waals surface area contributed by atoms with Gasteiger partial charge in [-0.15, -0.1) is 11.3 Å². The molecule has 1 aromatic carbocycles. The van der Waals surface area contributed by atoms with Crippen molar-refractivity contribution < 1.29 is 9.18 Å². The highest BCUT2D eigenvalue weighted by atomic mass is 32.2. The van der Waals surface area contributed by atoms with Gasteiger partial charge in [-0.25, -0.2) is 9.37 Å². The van der Waals surface area contributed by atoms with E-state index in [0.717, 1.165) is 23.4 Å². The summed E-state index contributed by atoms with van der Waals surface area (Å²) in [6.07, 6.45) is 3.39. The van der Waals surface area contributed by atoms with E-state index in [1.165, 1.54) is 23.5 Å². The lowest BCUT2D eigenvalue weighted by atomic mass is 10.2. The largest absolute Gasteiger partial charge is 0.302 e. The van der Waals surface area contributed by atoms with E-state index >= 15 is 0 Å². The second kappa shape index (κ2) is 7.40. The van der Waals surface area contributed by atoms with E-state index in [4.69, 9.17) is 0 Å². The van der Waals surface area contributed by atoms with E-state index in [1.54, 1.807) is 23.9 Å². The number of nitrogens with one attached hydrogen (secondary N) is 1. The molecule has 3 nitrogen and oxygen atoms in total. The molecular weight excluding hydrogens is 295 g/mol. The van der Waals surface area contributed by atoms with Crippen molar-refractivity contribution >= 4 is 34.1 Å². The number of anilines is 1. The predicted octanol–water partition coefficient (Wildman–Crippen LogP) is 4.03. The van der Waals surface area contributed by atoms with Crippen LogP contribution in [0.3, 0.4) is 0 Å². The smallest absolute Gasteiger partial charge is 0.226 e. The number of carbonyl (C=O) groups excluding carboxylic acids is 1. The minimum Gasteiger partial charge on any atom is -0.302 e. The van der Waals surface area contributed by atoms with Crippen LogP contribution in [0.15, 0.2) is 29.6 Å². The van der Waals surface area contributed by atoms with E-state index in [0.29, 0.717) is 11.6 Å².